The third-order valence-corrected chi connectivity index (χ3v) is 2.96. The third-order valence-electron chi connectivity index (χ3n) is 1.32. The Morgan fingerprint density at radius 1 is 1.21 bits per heavy atom. The molecule has 0 saturated heterocycles. The standard InChI is InChI=1S/C8H5Cl2F3S/c9-5-1-3-6(4-2-5)14-8(12,13)7(10)11/h1-4,7H. The normalized spacial score (nSPS) is 14.1. The SMILES string of the molecule is FC(Cl)C(F)(F)Sc1ccc(Cl)cc1. The quantitative estimate of drug-likeness (QED) is 0.567. The minimum absolute atomic E-state index is 0.0638. The minimum Gasteiger partial charge on any atom is -0.222 e. The Bertz CT molecular complexity index is 300. The van der Waals surface area contributed by atoms with Crippen molar-refractivity contribution in [2.75, 3.05) is 0 Å². The molecule has 0 spiro atoms. The van der Waals surface area contributed by atoms with Gasteiger partial charge in [-0.25, -0.2) is 4.39 Å². The van der Waals surface area contributed by atoms with Crippen molar-refractivity contribution in [2.45, 2.75) is 15.8 Å². The van der Waals surface area contributed by atoms with Crippen LogP contribution in [0.4, 0.5) is 13.2 Å². The summed E-state index contributed by atoms with van der Waals surface area (Å²) in [6, 6.07) is 5.64. The highest BCUT2D eigenvalue weighted by Crippen LogP contribution is 2.41. The first kappa shape index (κ1) is 12.0. The van der Waals surface area contributed by atoms with Gasteiger partial charge < -0.3 is 0 Å². The van der Waals surface area contributed by atoms with Crippen molar-refractivity contribution >= 4 is 35.0 Å². The van der Waals surface area contributed by atoms with E-state index in [1.54, 1.807) is 0 Å². The topological polar surface area (TPSA) is 0 Å². The van der Waals surface area contributed by atoms with E-state index in [1.807, 2.05) is 0 Å². The van der Waals surface area contributed by atoms with Gasteiger partial charge in [0.15, 0.2) is 0 Å². The molecule has 0 aromatic heterocycles. The van der Waals surface area contributed by atoms with Crippen LogP contribution in [0.5, 0.6) is 0 Å². The maximum Gasteiger partial charge on any atom is 0.342 e. The van der Waals surface area contributed by atoms with Crippen molar-refractivity contribution in [1.29, 1.82) is 0 Å². The fraction of sp³-hybridized carbons (Fsp3) is 0.250. The molecule has 0 N–H and O–H groups in total. The highest BCUT2D eigenvalue weighted by atomic mass is 35.5. The molecule has 0 amide bonds. The largest absolute Gasteiger partial charge is 0.342 e. The van der Waals surface area contributed by atoms with Crippen LogP contribution in [0.25, 0.3) is 0 Å². The van der Waals surface area contributed by atoms with Gasteiger partial charge in [-0.1, -0.05) is 23.2 Å². The molecule has 0 nitrogen and oxygen atoms in total. The molecule has 0 fully saturated rings. The molecule has 0 radical (unpaired) electrons. The molecule has 0 heterocycles. The molecule has 1 atom stereocenters. The highest BCUT2D eigenvalue weighted by molar-refractivity contribution is 8.00. The first-order chi connectivity index (χ1) is 6.42. The van der Waals surface area contributed by atoms with E-state index in [4.69, 9.17) is 11.6 Å². The van der Waals surface area contributed by atoms with Crippen LogP contribution in [0, 0.1) is 0 Å². The number of thioether (sulfide) groups is 1. The molecule has 0 aliphatic heterocycles. The van der Waals surface area contributed by atoms with Crippen LogP contribution >= 0.6 is 35.0 Å². The van der Waals surface area contributed by atoms with Crippen LogP contribution in [-0.2, 0) is 0 Å². The molecule has 14 heavy (non-hydrogen) atoms. The van der Waals surface area contributed by atoms with Crippen LogP contribution in [0.1, 0.15) is 0 Å². The first-order valence-corrected chi connectivity index (χ1v) is 5.15. The lowest BCUT2D eigenvalue weighted by Crippen LogP contribution is -2.20. The average Bonchev–Trinajstić information content (AvgIpc) is 2.08. The molecule has 0 aliphatic carbocycles. The predicted octanol–water partition coefficient (Wildman–Crippen LogP) is 4.56. The second kappa shape index (κ2) is 4.64. The molecule has 78 valence electrons. The smallest absolute Gasteiger partial charge is 0.222 e. The summed E-state index contributed by atoms with van der Waals surface area (Å²) in [4.78, 5) is 0.211. The lowest BCUT2D eigenvalue weighted by Gasteiger charge is -2.14. The maximum absolute atomic E-state index is 12.8. The maximum atomic E-state index is 12.8. The number of benzene rings is 1. The van der Waals surface area contributed by atoms with E-state index < -0.39 is 10.9 Å². The molecule has 0 bridgehead atoms. The molecule has 1 rings (SSSR count). The summed E-state index contributed by atoms with van der Waals surface area (Å²) in [5.74, 6) is 0. The van der Waals surface area contributed by atoms with Gasteiger partial charge in [0.2, 0.25) is 5.63 Å². The van der Waals surface area contributed by atoms with Crippen molar-refractivity contribution < 1.29 is 13.2 Å². The van der Waals surface area contributed by atoms with E-state index in [2.05, 4.69) is 11.6 Å². The zero-order chi connectivity index (χ0) is 10.8. The predicted molar refractivity (Wildman–Crippen MR) is 53.0 cm³/mol. The van der Waals surface area contributed by atoms with Gasteiger partial charge >= 0.3 is 5.25 Å². The van der Waals surface area contributed by atoms with Crippen LogP contribution < -0.4 is 0 Å². The Morgan fingerprint density at radius 3 is 2.14 bits per heavy atom. The average molecular weight is 261 g/mol. The van der Waals surface area contributed by atoms with Crippen molar-refractivity contribution in [3.63, 3.8) is 0 Å². The minimum atomic E-state index is -3.63. The zero-order valence-corrected chi connectivity index (χ0v) is 9.01. The number of rotatable bonds is 3. The first-order valence-electron chi connectivity index (χ1n) is 3.52. The molecule has 1 aromatic carbocycles. The second-order valence-corrected chi connectivity index (χ2v) is 4.46. The van der Waals surface area contributed by atoms with Gasteiger partial charge in [0, 0.05) is 9.92 Å². The summed E-state index contributed by atoms with van der Waals surface area (Å²) in [7, 11) is 0. The van der Waals surface area contributed by atoms with Crippen LogP contribution in [-0.4, -0.2) is 10.9 Å². The number of hydrogen-bond donors (Lipinski definition) is 0. The second-order valence-electron chi connectivity index (χ2n) is 2.42. The van der Waals surface area contributed by atoms with Gasteiger partial charge in [0.25, 0.3) is 0 Å². The Hall–Kier alpha value is -0.0600. The van der Waals surface area contributed by atoms with Gasteiger partial charge in [-0.05, 0) is 36.0 Å². The van der Waals surface area contributed by atoms with Crippen molar-refractivity contribution in [3.8, 4) is 0 Å². The third kappa shape index (κ3) is 3.26. The van der Waals surface area contributed by atoms with Gasteiger partial charge in [0.1, 0.15) is 0 Å². The van der Waals surface area contributed by atoms with E-state index >= 15 is 0 Å². The van der Waals surface area contributed by atoms with E-state index in [0.29, 0.717) is 5.02 Å². The Labute approximate surface area is 93.4 Å². The van der Waals surface area contributed by atoms with Crippen LogP contribution in [0.15, 0.2) is 29.2 Å². The highest BCUT2D eigenvalue weighted by Gasteiger charge is 2.40. The zero-order valence-electron chi connectivity index (χ0n) is 6.68. The van der Waals surface area contributed by atoms with E-state index in [-0.39, 0.29) is 16.7 Å². The van der Waals surface area contributed by atoms with Crippen LogP contribution in [0.2, 0.25) is 5.02 Å². The summed E-state index contributed by atoms with van der Waals surface area (Å²) < 4.78 is 37.7. The van der Waals surface area contributed by atoms with Gasteiger partial charge in [-0.15, -0.1) is 0 Å². The van der Waals surface area contributed by atoms with Crippen molar-refractivity contribution in [1.82, 2.24) is 0 Å². The summed E-state index contributed by atoms with van der Waals surface area (Å²) in [5, 5.41) is -3.20. The lowest BCUT2D eigenvalue weighted by molar-refractivity contribution is 0.0537. The Balaban J connectivity index is 2.74. The summed E-state index contributed by atoms with van der Waals surface area (Å²) in [6.07, 6.45) is 0. The number of hydrogen-bond acceptors (Lipinski definition) is 1. The van der Waals surface area contributed by atoms with E-state index in [0.717, 1.165) is 0 Å². The molecule has 1 unspecified atom stereocenters. The summed E-state index contributed by atoms with van der Waals surface area (Å²) in [5.41, 5.74) is -2.71. The number of halogens is 5. The molecule has 0 aliphatic rings. The molecular weight excluding hydrogens is 256 g/mol. The molecule has 1 aromatic rings. The monoisotopic (exact) mass is 260 g/mol. The van der Waals surface area contributed by atoms with E-state index in [9.17, 15) is 13.2 Å². The molecule has 0 saturated carbocycles. The molecule has 6 heteroatoms. The molecular formula is C8H5Cl2F3S. The fourth-order valence-electron chi connectivity index (χ4n) is 0.704. The summed E-state index contributed by atoms with van der Waals surface area (Å²) in [6.45, 7) is 0. The van der Waals surface area contributed by atoms with Crippen molar-refractivity contribution in [2.24, 2.45) is 0 Å². The van der Waals surface area contributed by atoms with E-state index in [1.165, 1.54) is 24.3 Å². The Morgan fingerprint density at radius 2 is 1.71 bits per heavy atom. The van der Waals surface area contributed by atoms with Gasteiger partial charge in [-0.2, -0.15) is 8.78 Å². The van der Waals surface area contributed by atoms with Gasteiger partial charge in [-0.3, -0.25) is 0 Å². The number of alkyl halides is 4. The Kier molecular flexibility index (Phi) is 3.98. The van der Waals surface area contributed by atoms with Crippen LogP contribution in [0.3, 0.4) is 0 Å². The summed E-state index contributed by atoms with van der Waals surface area (Å²) >= 11 is 10.3. The lowest BCUT2D eigenvalue weighted by atomic mass is 10.4. The fourth-order valence-corrected chi connectivity index (χ4v) is 1.64. The van der Waals surface area contributed by atoms with Gasteiger partial charge in [0.05, 0.1) is 0 Å². The van der Waals surface area contributed by atoms with Crippen molar-refractivity contribution in [3.05, 3.63) is 29.3 Å².